The van der Waals surface area contributed by atoms with E-state index >= 15 is 0 Å². The van der Waals surface area contributed by atoms with Crippen molar-refractivity contribution >= 4 is 5.97 Å². The molecule has 0 aliphatic heterocycles. The minimum atomic E-state index is -0.354. The summed E-state index contributed by atoms with van der Waals surface area (Å²) in [6, 6.07) is 0. The molecule has 70 valence electrons. The van der Waals surface area contributed by atoms with E-state index in [-0.39, 0.29) is 11.6 Å². The quantitative estimate of drug-likeness (QED) is 0.478. The van der Waals surface area contributed by atoms with Gasteiger partial charge in [-0.05, 0) is 20.8 Å². The van der Waals surface area contributed by atoms with E-state index in [2.05, 4.69) is 4.74 Å². The molecule has 3 heteroatoms. The molecule has 0 radical (unpaired) electrons. The molecule has 0 aromatic heterocycles. The molecule has 12 heavy (non-hydrogen) atoms. The monoisotopic (exact) mass is 172 g/mol. The zero-order chi connectivity index (χ0) is 9.61. The molecular weight excluding hydrogens is 156 g/mol. The molecule has 0 atom stereocenters. The third-order valence-electron chi connectivity index (χ3n) is 1.07. The average molecular weight is 172 g/mol. The fourth-order valence-corrected chi connectivity index (χ4v) is 0.510. The van der Waals surface area contributed by atoms with E-state index in [0.717, 1.165) is 0 Å². The number of methoxy groups -OCH3 is 1. The van der Waals surface area contributed by atoms with E-state index in [1.54, 1.807) is 6.08 Å². The lowest BCUT2D eigenvalue weighted by Crippen LogP contribution is -2.19. The molecule has 0 spiro atoms. The molecule has 0 N–H and O–H groups in total. The van der Waals surface area contributed by atoms with Crippen LogP contribution in [0.2, 0.25) is 0 Å². The minimum Gasteiger partial charge on any atom is -0.466 e. The SMILES string of the molecule is COC(=O)C=CCOC(C)(C)C. The van der Waals surface area contributed by atoms with Crippen LogP contribution >= 0.6 is 0 Å². The van der Waals surface area contributed by atoms with E-state index in [4.69, 9.17) is 4.74 Å². The first-order valence-electron chi connectivity index (χ1n) is 3.84. The van der Waals surface area contributed by atoms with Crippen LogP contribution in [-0.2, 0) is 14.3 Å². The summed E-state index contributed by atoms with van der Waals surface area (Å²) in [5, 5.41) is 0. The Morgan fingerprint density at radius 2 is 2.00 bits per heavy atom. The van der Waals surface area contributed by atoms with Crippen LogP contribution in [0.15, 0.2) is 12.2 Å². The molecule has 3 nitrogen and oxygen atoms in total. The van der Waals surface area contributed by atoms with Crippen molar-refractivity contribution in [1.29, 1.82) is 0 Å². The van der Waals surface area contributed by atoms with Gasteiger partial charge in [0, 0.05) is 6.08 Å². The summed E-state index contributed by atoms with van der Waals surface area (Å²) in [6.45, 7) is 6.30. The van der Waals surface area contributed by atoms with E-state index in [1.165, 1.54) is 13.2 Å². The predicted molar refractivity (Wildman–Crippen MR) is 46.9 cm³/mol. The number of carbonyl (C=O) groups is 1. The van der Waals surface area contributed by atoms with E-state index in [9.17, 15) is 4.79 Å². The van der Waals surface area contributed by atoms with Crippen LogP contribution in [0.5, 0.6) is 0 Å². The summed E-state index contributed by atoms with van der Waals surface area (Å²) >= 11 is 0. The van der Waals surface area contributed by atoms with Gasteiger partial charge >= 0.3 is 5.97 Å². The highest BCUT2D eigenvalue weighted by Gasteiger charge is 2.07. The van der Waals surface area contributed by atoms with Gasteiger partial charge < -0.3 is 9.47 Å². The Bertz CT molecular complexity index is 165. The van der Waals surface area contributed by atoms with Gasteiger partial charge in [0.15, 0.2) is 0 Å². The maximum atomic E-state index is 10.6. The van der Waals surface area contributed by atoms with Gasteiger partial charge in [-0.3, -0.25) is 0 Å². The van der Waals surface area contributed by atoms with E-state index in [0.29, 0.717) is 6.61 Å². The molecule has 0 saturated heterocycles. The summed E-state index contributed by atoms with van der Waals surface area (Å²) in [6.07, 6.45) is 2.99. The fourth-order valence-electron chi connectivity index (χ4n) is 0.510. The van der Waals surface area contributed by atoms with Crippen LogP contribution in [-0.4, -0.2) is 25.3 Å². The lowest BCUT2D eigenvalue weighted by Gasteiger charge is -2.17. The molecule has 0 rings (SSSR count). The zero-order valence-electron chi connectivity index (χ0n) is 8.09. The highest BCUT2D eigenvalue weighted by atomic mass is 16.5. The van der Waals surface area contributed by atoms with Crippen LogP contribution in [0.1, 0.15) is 20.8 Å². The number of ether oxygens (including phenoxy) is 2. The molecule has 0 aliphatic rings. The molecule has 0 saturated carbocycles. The zero-order valence-corrected chi connectivity index (χ0v) is 8.09. The second-order valence-electron chi connectivity index (χ2n) is 3.35. The summed E-state index contributed by atoms with van der Waals surface area (Å²) in [5.74, 6) is -0.354. The molecule has 0 aliphatic carbocycles. The molecular formula is C9H16O3. The van der Waals surface area contributed by atoms with E-state index < -0.39 is 0 Å². The van der Waals surface area contributed by atoms with E-state index in [1.807, 2.05) is 20.8 Å². The Balaban J connectivity index is 3.56. The van der Waals surface area contributed by atoms with Gasteiger partial charge in [-0.2, -0.15) is 0 Å². The molecule has 0 unspecified atom stereocenters. The lowest BCUT2D eigenvalue weighted by molar-refractivity contribution is -0.134. The van der Waals surface area contributed by atoms with Crippen molar-refractivity contribution in [3.05, 3.63) is 12.2 Å². The number of esters is 1. The molecule has 0 heterocycles. The standard InChI is InChI=1S/C9H16O3/c1-9(2,3)12-7-5-6-8(10)11-4/h5-6H,7H2,1-4H3. The number of rotatable bonds is 3. The van der Waals surface area contributed by atoms with Crippen molar-refractivity contribution in [2.45, 2.75) is 26.4 Å². The Kier molecular flexibility index (Phi) is 4.59. The maximum absolute atomic E-state index is 10.6. The highest BCUT2D eigenvalue weighted by molar-refractivity contribution is 5.81. The molecule has 0 bridgehead atoms. The van der Waals surface area contributed by atoms with Crippen LogP contribution in [0, 0.1) is 0 Å². The maximum Gasteiger partial charge on any atom is 0.330 e. The molecule has 0 aromatic rings. The normalized spacial score (nSPS) is 12.0. The smallest absolute Gasteiger partial charge is 0.330 e. The van der Waals surface area contributed by atoms with Gasteiger partial charge in [0.25, 0.3) is 0 Å². The van der Waals surface area contributed by atoms with Gasteiger partial charge in [-0.1, -0.05) is 6.08 Å². The molecule has 0 fully saturated rings. The van der Waals surface area contributed by atoms with Crippen molar-refractivity contribution in [2.24, 2.45) is 0 Å². The average Bonchev–Trinajstić information content (AvgIpc) is 1.96. The Labute approximate surface area is 73.4 Å². The minimum absolute atomic E-state index is 0.166. The van der Waals surface area contributed by atoms with Gasteiger partial charge in [0.2, 0.25) is 0 Å². The van der Waals surface area contributed by atoms with Crippen LogP contribution < -0.4 is 0 Å². The Hall–Kier alpha value is -0.830. The van der Waals surface area contributed by atoms with Crippen molar-refractivity contribution < 1.29 is 14.3 Å². The lowest BCUT2D eigenvalue weighted by atomic mass is 10.2. The molecule has 0 amide bonds. The van der Waals surface area contributed by atoms with Gasteiger partial charge in [-0.15, -0.1) is 0 Å². The number of hydrogen-bond donors (Lipinski definition) is 0. The Morgan fingerprint density at radius 1 is 1.42 bits per heavy atom. The fraction of sp³-hybridized carbons (Fsp3) is 0.667. The summed E-state index contributed by atoms with van der Waals surface area (Å²) < 4.78 is 9.73. The summed E-state index contributed by atoms with van der Waals surface area (Å²) in [7, 11) is 1.34. The van der Waals surface area contributed by atoms with Crippen LogP contribution in [0.4, 0.5) is 0 Å². The first-order chi connectivity index (χ1) is 5.45. The second-order valence-corrected chi connectivity index (χ2v) is 3.35. The first-order valence-corrected chi connectivity index (χ1v) is 3.84. The third-order valence-corrected chi connectivity index (χ3v) is 1.07. The largest absolute Gasteiger partial charge is 0.466 e. The third kappa shape index (κ3) is 7.28. The van der Waals surface area contributed by atoms with Crippen molar-refractivity contribution in [3.63, 3.8) is 0 Å². The van der Waals surface area contributed by atoms with Crippen molar-refractivity contribution in [1.82, 2.24) is 0 Å². The predicted octanol–water partition coefficient (Wildman–Crippen LogP) is 1.53. The highest BCUT2D eigenvalue weighted by Crippen LogP contribution is 2.05. The van der Waals surface area contributed by atoms with Crippen molar-refractivity contribution in [3.8, 4) is 0 Å². The summed E-state index contributed by atoms with van der Waals surface area (Å²) in [4.78, 5) is 10.6. The topological polar surface area (TPSA) is 35.5 Å². The van der Waals surface area contributed by atoms with Gasteiger partial charge in [-0.25, -0.2) is 4.79 Å². The van der Waals surface area contributed by atoms with Gasteiger partial charge in [0.05, 0.1) is 19.3 Å². The summed E-state index contributed by atoms with van der Waals surface area (Å²) in [5.41, 5.74) is -0.166. The number of carbonyl (C=O) groups excluding carboxylic acids is 1. The Morgan fingerprint density at radius 3 is 2.42 bits per heavy atom. The van der Waals surface area contributed by atoms with Crippen LogP contribution in [0.25, 0.3) is 0 Å². The second kappa shape index (κ2) is 4.93. The van der Waals surface area contributed by atoms with Crippen LogP contribution in [0.3, 0.4) is 0 Å². The number of hydrogen-bond acceptors (Lipinski definition) is 3. The first kappa shape index (κ1) is 11.2. The van der Waals surface area contributed by atoms with Gasteiger partial charge in [0.1, 0.15) is 0 Å². The molecule has 0 aromatic carbocycles. The van der Waals surface area contributed by atoms with Crippen molar-refractivity contribution in [2.75, 3.05) is 13.7 Å².